The van der Waals surface area contributed by atoms with E-state index in [0.29, 0.717) is 29.2 Å². The third-order valence-corrected chi connectivity index (χ3v) is 6.16. The number of nitrogens with one attached hydrogen (secondary N) is 1. The lowest BCUT2D eigenvalue weighted by atomic mass is 10.2. The number of rotatable bonds is 10. The largest absolute Gasteiger partial charge is 0.493 e. The first kappa shape index (κ1) is 26.8. The Labute approximate surface area is 213 Å². The van der Waals surface area contributed by atoms with Gasteiger partial charge in [0.15, 0.2) is 18.1 Å². The molecule has 1 N–H and O–H groups in total. The van der Waals surface area contributed by atoms with Gasteiger partial charge in [0.05, 0.1) is 18.1 Å². The van der Waals surface area contributed by atoms with Crippen molar-refractivity contribution in [3.63, 3.8) is 0 Å². The minimum Gasteiger partial charge on any atom is -0.493 e. The minimum absolute atomic E-state index is 0.171. The van der Waals surface area contributed by atoms with E-state index in [0.717, 1.165) is 22.2 Å². The molecule has 2 aromatic rings. The molecule has 1 aliphatic heterocycles. The Morgan fingerprint density at radius 3 is 2.50 bits per heavy atom. The monoisotopic (exact) mass is 512 g/mol. The molecule has 0 bridgehead atoms. The molecule has 0 aliphatic carbocycles. The number of imide groups is 1. The standard InChI is InChI=1S/C26H28N2O7S/c1-5-17(3)35-24(30)14-28-25(31)22(36-26(28)32)13-18-8-11-20(21(12-18)33-4)34-15-23(29)27-19-9-6-16(2)7-10-19/h6-13,17H,5,14-15H2,1-4H3,(H,27,29)/b22-13+/t17-/m1/s1. The second-order valence-electron chi connectivity index (χ2n) is 8.09. The summed E-state index contributed by atoms with van der Waals surface area (Å²) in [6, 6.07) is 12.3. The normalized spacial score (nSPS) is 15.1. The first-order valence-electron chi connectivity index (χ1n) is 11.3. The van der Waals surface area contributed by atoms with Gasteiger partial charge in [0, 0.05) is 5.69 Å². The van der Waals surface area contributed by atoms with E-state index in [-0.39, 0.29) is 23.5 Å². The van der Waals surface area contributed by atoms with E-state index in [4.69, 9.17) is 14.2 Å². The summed E-state index contributed by atoms with van der Waals surface area (Å²) in [6.45, 7) is 4.90. The summed E-state index contributed by atoms with van der Waals surface area (Å²) in [4.78, 5) is 50.2. The van der Waals surface area contributed by atoms with Gasteiger partial charge in [-0.3, -0.25) is 24.1 Å². The molecule has 1 atom stereocenters. The van der Waals surface area contributed by atoms with Gasteiger partial charge in [-0.05, 0) is 67.9 Å². The van der Waals surface area contributed by atoms with Gasteiger partial charge >= 0.3 is 5.97 Å². The van der Waals surface area contributed by atoms with Crippen LogP contribution in [-0.2, 0) is 19.1 Å². The summed E-state index contributed by atoms with van der Waals surface area (Å²) in [7, 11) is 1.45. The lowest BCUT2D eigenvalue weighted by Gasteiger charge is -2.14. The van der Waals surface area contributed by atoms with Crippen molar-refractivity contribution < 1.29 is 33.4 Å². The summed E-state index contributed by atoms with van der Waals surface area (Å²) in [6.07, 6.45) is 1.86. The van der Waals surface area contributed by atoms with E-state index in [1.807, 2.05) is 26.0 Å². The molecule has 36 heavy (non-hydrogen) atoms. The van der Waals surface area contributed by atoms with Crippen LogP contribution in [0.15, 0.2) is 47.4 Å². The van der Waals surface area contributed by atoms with E-state index in [1.54, 1.807) is 37.3 Å². The average Bonchev–Trinajstić information content (AvgIpc) is 3.11. The van der Waals surface area contributed by atoms with Crippen molar-refractivity contribution in [3.05, 3.63) is 58.5 Å². The number of ether oxygens (including phenoxy) is 3. The number of carbonyl (C=O) groups excluding carboxylic acids is 4. The predicted molar refractivity (Wildman–Crippen MR) is 137 cm³/mol. The van der Waals surface area contributed by atoms with E-state index in [9.17, 15) is 19.2 Å². The van der Waals surface area contributed by atoms with Crippen LogP contribution in [-0.4, -0.2) is 54.3 Å². The highest BCUT2D eigenvalue weighted by atomic mass is 32.2. The van der Waals surface area contributed by atoms with Crippen LogP contribution in [0.1, 0.15) is 31.4 Å². The molecule has 1 heterocycles. The van der Waals surface area contributed by atoms with Crippen LogP contribution in [0.2, 0.25) is 0 Å². The molecule has 0 saturated carbocycles. The third kappa shape index (κ3) is 7.11. The van der Waals surface area contributed by atoms with Gasteiger partial charge in [-0.1, -0.05) is 30.7 Å². The van der Waals surface area contributed by atoms with Crippen LogP contribution in [0.3, 0.4) is 0 Å². The van der Waals surface area contributed by atoms with Crippen LogP contribution in [0.5, 0.6) is 11.5 Å². The van der Waals surface area contributed by atoms with Gasteiger partial charge in [-0.2, -0.15) is 0 Å². The fourth-order valence-corrected chi connectivity index (χ4v) is 3.97. The lowest BCUT2D eigenvalue weighted by molar-refractivity contribution is -0.150. The maximum absolute atomic E-state index is 12.7. The zero-order chi connectivity index (χ0) is 26.2. The van der Waals surface area contributed by atoms with Gasteiger partial charge in [0.2, 0.25) is 0 Å². The number of aryl methyl sites for hydroxylation is 1. The van der Waals surface area contributed by atoms with Crippen LogP contribution in [0.25, 0.3) is 6.08 Å². The number of methoxy groups -OCH3 is 1. The quantitative estimate of drug-likeness (QED) is 0.368. The Morgan fingerprint density at radius 2 is 1.83 bits per heavy atom. The number of thioether (sulfide) groups is 1. The zero-order valence-corrected chi connectivity index (χ0v) is 21.3. The molecular formula is C26H28N2O7S. The van der Waals surface area contributed by atoms with Crippen molar-refractivity contribution in [2.24, 2.45) is 0 Å². The first-order valence-corrected chi connectivity index (χ1v) is 12.1. The second kappa shape index (κ2) is 12.3. The fraction of sp³-hybridized carbons (Fsp3) is 0.308. The van der Waals surface area contributed by atoms with E-state index in [2.05, 4.69) is 5.32 Å². The number of amides is 3. The van der Waals surface area contributed by atoms with Gasteiger partial charge in [-0.15, -0.1) is 0 Å². The number of anilines is 1. The Kier molecular flexibility index (Phi) is 9.13. The Balaban J connectivity index is 1.63. The number of carbonyl (C=O) groups is 4. The molecule has 10 heteroatoms. The van der Waals surface area contributed by atoms with Crippen LogP contribution in [0.4, 0.5) is 10.5 Å². The molecule has 190 valence electrons. The lowest BCUT2D eigenvalue weighted by Crippen LogP contribution is -2.35. The highest BCUT2D eigenvalue weighted by molar-refractivity contribution is 8.18. The smallest absolute Gasteiger partial charge is 0.326 e. The summed E-state index contributed by atoms with van der Waals surface area (Å²) in [5, 5.41) is 2.21. The molecule has 0 spiro atoms. The van der Waals surface area contributed by atoms with Gasteiger partial charge < -0.3 is 19.5 Å². The highest BCUT2D eigenvalue weighted by Crippen LogP contribution is 2.34. The van der Waals surface area contributed by atoms with Gasteiger partial charge in [-0.25, -0.2) is 0 Å². The molecule has 1 saturated heterocycles. The van der Waals surface area contributed by atoms with Crippen molar-refractivity contribution in [1.29, 1.82) is 0 Å². The van der Waals surface area contributed by atoms with E-state index in [1.165, 1.54) is 13.2 Å². The van der Waals surface area contributed by atoms with Crippen LogP contribution in [0, 0.1) is 6.92 Å². The molecule has 0 unspecified atom stereocenters. The Morgan fingerprint density at radius 1 is 1.11 bits per heavy atom. The molecule has 0 radical (unpaired) electrons. The molecule has 9 nitrogen and oxygen atoms in total. The summed E-state index contributed by atoms with van der Waals surface area (Å²) < 4.78 is 16.1. The maximum Gasteiger partial charge on any atom is 0.326 e. The van der Waals surface area contributed by atoms with Crippen molar-refractivity contribution in [2.75, 3.05) is 25.6 Å². The Hall–Kier alpha value is -3.79. The van der Waals surface area contributed by atoms with Crippen molar-refractivity contribution in [1.82, 2.24) is 4.90 Å². The van der Waals surface area contributed by atoms with Crippen molar-refractivity contribution in [3.8, 4) is 11.5 Å². The summed E-state index contributed by atoms with van der Waals surface area (Å²) >= 11 is 0.743. The Bertz CT molecular complexity index is 1180. The first-order chi connectivity index (χ1) is 17.2. The SMILES string of the molecule is CC[C@@H](C)OC(=O)CN1C(=O)S/C(=C/c2ccc(OCC(=O)Nc3ccc(C)cc3)c(OC)c2)C1=O. The van der Waals surface area contributed by atoms with E-state index < -0.39 is 23.7 Å². The summed E-state index contributed by atoms with van der Waals surface area (Å²) in [5.41, 5.74) is 2.33. The van der Waals surface area contributed by atoms with Crippen molar-refractivity contribution in [2.45, 2.75) is 33.3 Å². The minimum atomic E-state index is -0.637. The molecule has 2 aromatic carbocycles. The number of nitrogens with zero attached hydrogens (tertiary/aromatic N) is 1. The van der Waals surface area contributed by atoms with E-state index >= 15 is 0 Å². The second-order valence-corrected chi connectivity index (χ2v) is 9.08. The number of hydrogen-bond acceptors (Lipinski definition) is 8. The van der Waals surface area contributed by atoms with Crippen molar-refractivity contribution >= 4 is 46.5 Å². The van der Waals surface area contributed by atoms with Gasteiger partial charge in [0.25, 0.3) is 17.1 Å². The molecule has 3 rings (SSSR count). The maximum atomic E-state index is 12.7. The molecule has 1 aliphatic rings. The number of benzene rings is 2. The number of esters is 1. The average molecular weight is 513 g/mol. The van der Waals surface area contributed by atoms with Crippen LogP contribution >= 0.6 is 11.8 Å². The summed E-state index contributed by atoms with van der Waals surface area (Å²) in [5.74, 6) is -0.844. The predicted octanol–water partition coefficient (Wildman–Crippen LogP) is 4.40. The molecular weight excluding hydrogens is 484 g/mol. The topological polar surface area (TPSA) is 111 Å². The molecule has 0 aromatic heterocycles. The molecule has 3 amide bonds. The molecule has 1 fully saturated rings. The third-order valence-electron chi connectivity index (χ3n) is 5.25. The number of hydrogen-bond donors (Lipinski definition) is 1. The zero-order valence-electron chi connectivity index (χ0n) is 20.5. The van der Waals surface area contributed by atoms with Crippen LogP contribution < -0.4 is 14.8 Å². The van der Waals surface area contributed by atoms with Gasteiger partial charge in [0.1, 0.15) is 6.54 Å². The fourth-order valence-electron chi connectivity index (χ4n) is 3.13. The highest BCUT2D eigenvalue weighted by Gasteiger charge is 2.36.